The van der Waals surface area contributed by atoms with Gasteiger partial charge in [-0.15, -0.1) is 5.10 Å². The van der Waals surface area contributed by atoms with Gasteiger partial charge in [0.25, 0.3) is 0 Å². The highest BCUT2D eigenvalue weighted by Gasteiger charge is 2.33. The Hall–Kier alpha value is -3.56. The summed E-state index contributed by atoms with van der Waals surface area (Å²) >= 11 is 0. The standard InChI is InChI=1S/C21H22FN7O2/c22-17-5-3-15(4-6-17)16-8-23-28(9-16)14-21(31)27-12-19(13-27)29-11-18(24-25-29)10-26-7-1-2-20(26)30/h3-6,8-9,11,19H,1-2,7,10,12-14H2. The summed E-state index contributed by atoms with van der Waals surface area (Å²) in [6.07, 6.45) is 6.82. The first-order chi connectivity index (χ1) is 15.0. The Morgan fingerprint density at radius 2 is 1.94 bits per heavy atom. The third-order valence-corrected chi connectivity index (χ3v) is 5.78. The number of carbonyl (C=O) groups excluding carboxylic acids is 2. The molecule has 4 heterocycles. The van der Waals surface area contributed by atoms with Gasteiger partial charge in [-0.05, 0) is 24.1 Å². The minimum absolute atomic E-state index is 0.0204. The average Bonchev–Trinajstić information content (AvgIpc) is 3.45. The van der Waals surface area contributed by atoms with Gasteiger partial charge in [0, 0.05) is 37.8 Å². The zero-order valence-electron chi connectivity index (χ0n) is 16.9. The van der Waals surface area contributed by atoms with Crippen LogP contribution in [0.2, 0.25) is 0 Å². The summed E-state index contributed by atoms with van der Waals surface area (Å²) < 4.78 is 16.4. The fourth-order valence-corrected chi connectivity index (χ4v) is 3.94. The maximum atomic E-state index is 13.1. The fraction of sp³-hybridized carbons (Fsp3) is 0.381. The van der Waals surface area contributed by atoms with E-state index in [2.05, 4.69) is 15.4 Å². The monoisotopic (exact) mass is 423 g/mol. The first kappa shape index (κ1) is 19.4. The Labute approximate surface area is 178 Å². The topological polar surface area (TPSA) is 89.2 Å². The first-order valence-electron chi connectivity index (χ1n) is 10.3. The van der Waals surface area contributed by atoms with Crippen LogP contribution in [0, 0.1) is 5.82 Å². The van der Waals surface area contributed by atoms with Crippen LogP contribution in [-0.2, 0) is 22.7 Å². The largest absolute Gasteiger partial charge is 0.337 e. The van der Waals surface area contributed by atoms with Gasteiger partial charge < -0.3 is 9.80 Å². The quantitative estimate of drug-likeness (QED) is 0.599. The highest BCUT2D eigenvalue weighted by atomic mass is 19.1. The van der Waals surface area contributed by atoms with E-state index in [1.807, 2.05) is 6.20 Å². The van der Waals surface area contributed by atoms with Gasteiger partial charge in [0.1, 0.15) is 18.1 Å². The van der Waals surface area contributed by atoms with Crippen molar-refractivity contribution in [2.45, 2.75) is 32.0 Å². The van der Waals surface area contributed by atoms with E-state index < -0.39 is 0 Å². The Balaban J connectivity index is 1.13. The van der Waals surface area contributed by atoms with E-state index in [1.165, 1.54) is 12.1 Å². The van der Waals surface area contributed by atoms with Crippen LogP contribution in [0.4, 0.5) is 4.39 Å². The molecule has 0 N–H and O–H groups in total. The second kappa shape index (κ2) is 7.93. The molecule has 2 aliphatic rings. The van der Waals surface area contributed by atoms with Gasteiger partial charge in [0.05, 0.1) is 25.0 Å². The van der Waals surface area contributed by atoms with E-state index in [-0.39, 0.29) is 30.2 Å². The van der Waals surface area contributed by atoms with E-state index in [9.17, 15) is 14.0 Å². The predicted octanol–water partition coefficient (Wildman–Crippen LogP) is 1.49. The van der Waals surface area contributed by atoms with Gasteiger partial charge >= 0.3 is 0 Å². The number of aromatic nitrogens is 5. The first-order valence-corrected chi connectivity index (χ1v) is 10.3. The zero-order chi connectivity index (χ0) is 21.4. The van der Waals surface area contributed by atoms with E-state index in [4.69, 9.17) is 0 Å². The van der Waals surface area contributed by atoms with Gasteiger partial charge in [-0.2, -0.15) is 5.10 Å². The summed E-state index contributed by atoms with van der Waals surface area (Å²) in [4.78, 5) is 27.9. The van der Waals surface area contributed by atoms with Crippen LogP contribution in [-0.4, -0.2) is 66.0 Å². The molecule has 2 fully saturated rings. The molecule has 10 heteroatoms. The summed E-state index contributed by atoms with van der Waals surface area (Å²) in [5.41, 5.74) is 2.45. The molecule has 0 aliphatic carbocycles. The molecule has 0 spiro atoms. The highest BCUT2D eigenvalue weighted by Crippen LogP contribution is 2.22. The number of carbonyl (C=O) groups is 2. The number of amides is 2. The minimum atomic E-state index is -0.289. The average molecular weight is 423 g/mol. The normalized spacial score (nSPS) is 16.7. The smallest absolute Gasteiger partial charge is 0.244 e. The molecular formula is C21H22FN7O2. The Morgan fingerprint density at radius 3 is 2.68 bits per heavy atom. The molecule has 160 valence electrons. The molecule has 5 rings (SSSR count). The van der Waals surface area contributed by atoms with Crippen molar-refractivity contribution < 1.29 is 14.0 Å². The second-order valence-corrected chi connectivity index (χ2v) is 7.99. The van der Waals surface area contributed by atoms with Crippen LogP contribution >= 0.6 is 0 Å². The predicted molar refractivity (Wildman–Crippen MR) is 108 cm³/mol. The lowest BCUT2D eigenvalue weighted by Crippen LogP contribution is -2.51. The fourth-order valence-electron chi connectivity index (χ4n) is 3.94. The molecule has 0 unspecified atom stereocenters. The molecule has 0 saturated carbocycles. The van der Waals surface area contributed by atoms with Gasteiger partial charge in [0.2, 0.25) is 11.8 Å². The van der Waals surface area contributed by atoms with E-state index >= 15 is 0 Å². The van der Waals surface area contributed by atoms with E-state index in [0.29, 0.717) is 26.1 Å². The van der Waals surface area contributed by atoms with Crippen molar-refractivity contribution in [3.8, 4) is 11.1 Å². The van der Waals surface area contributed by atoms with Crippen LogP contribution < -0.4 is 0 Å². The van der Waals surface area contributed by atoms with Crippen molar-refractivity contribution >= 4 is 11.8 Å². The maximum Gasteiger partial charge on any atom is 0.244 e. The number of rotatable bonds is 6. The molecule has 0 atom stereocenters. The third-order valence-electron chi connectivity index (χ3n) is 5.78. The molecule has 0 radical (unpaired) electrons. The maximum absolute atomic E-state index is 13.1. The van der Waals surface area contributed by atoms with E-state index in [1.54, 1.807) is 43.7 Å². The molecule has 0 bridgehead atoms. The van der Waals surface area contributed by atoms with Gasteiger partial charge in [0.15, 0.2) is 0 Å². The van der Waals surface area contributed by atoms with Crippen LogP contribution in [0.1, 0.15) is 24.6 Å². The van der Waals surface area contributed by atoms with Crippen molar-refractivity contribution in [1.29, 1.82) is 0 Å². The molecule has 9 nitrogen and oxygen atoms in total. The molecule has 2 saturated heterocycles. The van der Waals surface area contributed by atoms with Crippen molar-refractivity contribution in [2.24, 2.45) is 0 Å². The van der Waals surface area contributed by atoms with Crippen molar-refractivity contribution in [1.82, 2.24) is 34.6 Å². The van der Waals surface area contributed by atoms with Gasteiger partial charge in [-0.3, -0.25) is 14.3 Å². The summed E-state index contributed by atoms with van der Waals surface area (Å²) in [6, 6.07) is 6.26. The van der Waals surface area contributed by atoms with Crippen molar-refractivity contribution in [3.05, 3.63) is 54.4 Å². The summed E-state index contributed by atoms with van der Waals surface area (Å²) in [6.45, 7) is 2.54. The minimum Gasteiger partial charge on any atom is -0.337 e. The highest BCUT2D eigenvalue weighted by molar-refractivity contribution is 5.78. The molecule has 2 aromatic heterocycles. The number of likely N-dealkylation sites (tertiary alicyclic amines) is 2. The Morgan fingerprint density at radius 1 is 1.13 bits per heavy atom. The molecule has 31 heavy (non-hydrogen) atoms. The van der Waals surface area contributed by atoms with Crippen LogP contribution in [0.3, 0.4) is 0 Å². The number of hydrogen-bond acceptors (Lipinski definition) is 5. The molecule has 1 aromatic carbocycles. The third kappa shape index (κ3) is 4.05. The van der Waals surface area contributed by atoms with Crippen molar-refractivity contribution in [2.75, 3.05) is 19.6 Å². The Bertz CT molecular complexity index is 1100. The van der Waals surface area contributed by atoms with Crippen molar-refractivity contribution in [3.63, 3.8) is 0 Å². The van der Waals surface area contributed by atoms with Gasteiger partial charge in [-0.1, -0.05) is 17.3 Å². The van der Waals surface area contributed by atoms with Crippen LogP contribution in [0.5, 0.6) is 0 Å². The number of benzene rings is 1. The van der Waals surface area contributed by atoms with Crippen LogP contribution in [0.25, 0.3) is 11.1 Å². The summed E-state index contributed by atoms with van der Waals surface area (Å²) in [5, 5.41) is 12.6. The molecular weight excluding hydrogens is 401 g/mol. The second-order valence-electron chi connectivity index (χ2n) is 7.99. The lowest BCUT2D eigenvalue weighted by Gasteiger charge is -2.38. The summed E-state index contributed by atoms with van der Waals surface area (Å²) in [7, 11) is 0. The molecule has 3 aromatic rings. The SMILES string of the molecule is O=C1CCCN1Cc1cn(C2CN(C(=O)Cn3cc(-c4ccc(F)cc4)cn3)C2)nn1. The lowest BCUT2D eigenvalue weighted by molar-refractivity contribution is -0.138. The number of halogens is 1. The molecule has 2 aliphatic heterocycles. The Kier molecular flexibility index (Phi) is 4.97. The lowest BCUT2D eigenvalue weighted by atomic mass is 10.1. The molecule has 2 amide bonds. The number of hydrogen-bond donors (Lipinski definition) is 0. The zero-order valence-corrected chi connectivity index (χ0v) is 16.9. The van der Waals surface area contributed by atoms with E-state index in [0.717, 1.165) is 29.8 Å². The van der Waals surface area contributed by atoms with Crippen LogP contribution in [0.15, 0.2) is 42.9 Å². The number of nitrogens with zero attached hydrogens (tertiary/aromatic N) is 7. The summed E-state index contributed by atoms with van der Waals surface area (Å²) in [5.74, 6) is -0.146. The van der Waals surface area contributed by atoms with Gasteiger partial charge in [-0.25, -0.2) is 9.07 Å².